The van der Waals surface area contributed by atoms with Gasteiger partial charge in [-0.1, -0.05) is 37.6 Å². The van der Waals surface area contributed by atoms with Gasteiger partial charge in [0.2, 0.25) is 0 Å². The number of hydrogen-bond acceptors (Lipinski definition) is 3. The van der Waals surface area contributed by atoms with Crippen LogP contribution in [-0.2, 0) is 11.2 Å². The first-order valence-electron chi connectivity index (χ1n) is 8.39. The summed E-state index contributed by atoms with van der Waals surface area (Å²) in [6, 6.07) is 7.10. The standard InChI is InChI=1S/C18H26F3NO3/c1-3-9-17(2,25)10-7-13-5-4-6-14(12-13)15(23)8-11-22-16(24)18(19,20)21/h4-6,12,15,23,25H,3,7-11H2,1-2H3,(H,22,24). The molecule has 0 saturated carbocycles. The van der Waals surface area contributed by atoms with E-state index in [1.165, 1.54) is 0 Å². The van der Waals surface area contributed by atoms with Gasteiger partial charge in [-0.05, 0) is 43.7 Å². The first-order chi connectivity index (χ1) is 11.5. The van der Waals surface area contributed by atoms with Crippen LogP contribution in [0.4, 0.5) is 13.2 Å². The van der Waals surface area contributed by atoms with Crippen LogP contribution in [-0.4, -0.2) is 34.4 Å². The number of aryl methyl sites for hydroxylation is 1. The minimum Gasteiger partial charge on any atom is -0.390 e. The van der Waals surface area contributed by atoms with Crippen molar-refractivity contribution in [3.63, 3.8) is 0 Å². The van der Waals surface area contributed by atoms with Gasteiger partial charge in [-0.3, -0.25) is 4.79 Å². The maximum absolute atomic E-state index is 12.1. The molecule has 3 N–H and O–H groups in total. The number of aliphatic hydroxyl groups excluding tert-OH is 1. The van der Waals surface area contributed by atoms with E-state index >= 15 is 0 Å². The first-order valence-corrected chi connectivity index (χ1v) is 8.39. The second-order valence-electron chi connectivity index (χ2n) is 6.55. The van der Waals surface area contributed by atoms with E-state index < -0.39 is 23.8 Å². The summed E-state index contributed by atoms with van der Waals surface area (Å²) < 4.78 is 36.3. The van der Waals surface area contributed by atoms with E-state index in [2.05, 4.69) is 0 Å². The normalized spacial score (nSPS) is 15.5. The molecule has 0 aliphatic carbocycles. The Balaban J connectivity index is 2.54. The Bertz CT molecular complexity index is 559. The number of hydrogen-bond donors (Lipinski definition) is 3. The van der Waals surface area contributed by atoms with Crippen LogP contribution in [0.3, 0.4) is 0 Å². The lowest BCUT2D eigenvalue weighted by molar-refractivity contribution is -0.173. The van der Waals surface area contributed by atoms with Gasteiger partial charge in [-0.25, -0.2) is 0 Å². The number of rotatable bonds is 9. The molecule has 0 heterocycles. The SMILES string of the molecule is CCCC(C)(O)CCc1cccc(C(O)CCNC(=O)C(F)(F)F)c1. The van der Waals surface area contributed by atoms with Gasteiger partial charge in [0.05, 0.1) is 11.7 Å². The highest BCUT2D eigenvalue weighted by Gasteiger charge is 2.38. The molecular formula is C18H26F3NO3. The van der Waals surface area contributed by atoms with Crippen molar-refractivity contribution < 1.29 is 28.2 Å². The topological polar surface area (TPSA) is 69.6 Å². The lowest BCUT2D eigenvalue weighted by Gasteiger charge is -2.22. The fourth-order valence-electron chi connectivity index (χ4n) is 2.62. The highest BCUT2D eigenvalue weighted by atomic mass is 19.4. The molecule has 0 radical (unpaired) electrons. The van der Waals surface area contributed by atoms with E-state index in [-0.39, 0.29) is 13.0 Å². The first kappa shape index (κ1) is 21.4. The van der Waals surface area contributed by atoms with Crippen LogP contribution in [0.1, 0.15) is 56.8 Å². The number of aliphatic hydroxyl groups is 2. The van der Waals surface area contributed by atoms with E-state index in [9.17, 15) is 28.2 Å². The van der Waals surface area contributed by atoms with Crippen molar-refractivity contribution in [1.29, 1.82) is 0 Å². The largest absolute Gasteiger partial charge is 0.471 e. The minimum absolute atomic E-state index is 0.0151. The molecule has 142 valence electrons. The number of benzene rings is 1. The number of carbonyl (C=O) groups excluding carboxylic acids is 1. The van der Waals surface area contributed by atoms with E-state index in [0.717, 1.165) is 12.0 Å². The fraction of sp³-hybridized carbons (Fsp3) is 0.611. The van der Waals surface area contributed by atoms with Gasteiger partial charge in [0.25, 0.3) is 0 Å². The maximum Gasteiger partial charge on any atom is 0.471 e. The lowest BCUT2D eigenvalue weighted by Crippen LogP contribution is -2.37. The number of carbonyl (C=O) groups is 1. The summed E-state index contributed by atoms with van der Waals surface area (Å²) in [4.78, 5) is 10.7. The zero-order chi connectivity index (χ0) is 19.1. The Morgan fingerprint density at radius 1 is 1.28 bits per heavy atom. The van der Waals surface area contributed by atoms with Gasteiger partial charge >= 0.3 is 12.1 Å². The van der Waals surface area contributed by atoms with Crippen molar-refractivity contribution in [1.82, 2.24) is 5.32 Å². The lowest BCUT2D eigenvalue weighted by atomic mass is 9.92. The molecule has 2 atom stereocenters. The predicted molar refractivity (Wildman–Crippen MR) is 88.9 cm³/mol. The molecule has 1 amide bonds. The maximum atomic E-state index is 12.1. The molecule has 2 unspecified atom stereocenters. The predicted octanol–water partition coefficient (Wildman–Crippen LogP) is 3.27. The number of alkyl halides is 3. The Morgan fingerprint density at radius 2 is 1.96 bits per heavy atom. The molecule has 1 aromatic rings. The Morgan fingerprint density at radius 3 is 2.56 bits per heavy atom. The molecule has 0 saturated heterocycles. The second kappa shape index (κ2) is 9.20. The van der Waals surface area contributed by atoms with Gasteiger partial charge in [-0.15, -0.1) is 0 Å². The molecule has 25 heavy (non-hydrogen) atoms. The Labute approximate surface area is 146 Å². The third kappa shape index (κ3) is 7.88. The van der Waals surface area contributed by atoms with Crippen molar-refractivity contribution in [2.24, 2.45) is 0 Å². The van der Waals surface area contributed by atoms with E-state index in [4.69, 9.17) is 0 Å². The monoisotopic (exact) mass is 361 g/mol. The third-order valence-corrected chi connectivity index (χ3v) is 4.04. The van der Waals surface area contributed by atoms with E-state index in [1.54, 1.807) is 30.4 Å². The highest BCUT2D eigenvalue weighted by Crippen LogP contribution is 2.22. The van der Waals surface area contributed by atoms with Crippen molar-refractivity contribution in [2.75, 3.05) is 6.54 Å². The van der Waals surface area contributed by atoms with Gasteiger partial charge in [-0.2, -0.15) is 13.2 Å². The van der Waals surface area contributed by atoms with Crippen LogP contribution < -0.4 is 5.32 Å². The Kier molecular flexibility index (Phi) is 7.89. The molecule has 1 rings (SSSR count). The Hall–Kier alpha value is -1.60. The molecule has 7 heteroatoms. The molecule has 0 spiro atoms. The third-order valence-electron chi connectivity index (χ3n) is 4.04. The van der Waals surface area contributed by atoms with E-state index in [1.807, 2.05) is 13.0 Å². The second-order valence-corrected chi connectivity index (χ2v) is 6.55. The van der Waals surface area contributed by atoms with Crippen LogP contribution >= 0.6 is 0 Å². The summed E-state index contributed by atoms with van der Waals surface area (Å²) in [6.07, 6.45) is -3.09. The number of halogens is 3. The zero-order valence-corrected chi connectivity index (χ0v) is 14.6. The molecule has 0 aromatic heterocycles. The van der Waals surface area contributed by atoms with Crippen LogP contribution in [0, 0.1) is 0 Å². The minimum atomic E-state index is -4.92. The summed E-state index contributed by atoms with van der Waals surface area (Å²) in [5.41, 5.74) is 0.770. The smallest absolute Gasteiger partial charge is 0.390 e. The van der Waals surface area contributed by atoms with Crippen molar-refractivity contribution in [3.05, 3.63) is 35.4 Å². The van der Waals surface area contributed by atoms with Crippen LogP contribution in [0.2, 0.25) is 0 Å². The van der Waals surface area contributed by atoms with Gasteiger partial charge < -0.3 is 15.5 Å². The highest BCUT2D eigenvalue weighted by molar-refractivity contribution is 5.81. The average Bonchev–Trinajstić information content (AvgIpc) is 2.52. The molecule has 0 aliphatic rings. The molecule has 0 bridgehead atoms. The van der Waals surface area contributed by atoms with Crippen molar-refractivity contribution >= 4 is 5.91 Å². The van der Waals surface area contributed by atoms with Crippen molar-refractivity contribution in [2.45, 2.75) is 63.8 Å². The van der Waals surface area contributed by atoms with Crippen LogP contribution in [0.15, 0.2) is 24.3 Å². The van der Waals surface area contributed by atoms with Crippen molar-refractivity contribution in [3.8, 4) is 0 Å². The summed E-state index contributed by atoms with van der Waals surface area (Å²) in [5, 5.41) is 22.0. The van der Waals surface area contributed by atoms with Gasteiger partial charge in [0.15, 0.2) is 0 Å². The number of amides is 1. The molecular weight excluding hydrogens is 335 g/mol. The summed E-state index contributed by atoms with van der Waals surface area (Å²) in [5.74, 6) is -2.01. The summed E-state index contributed by atoms with van der Waals surface area (Å²) >= 11 is 0. The summed E-state index contributed by atoms with van der Waals surface area (Å²) in [7, 11) is 0. The van der Waals surface area contributed by atoms with Crippen LogP contribution in [0.25, 0.3) is 0 Å². The molecule has 0 aliphatic heterocycles. The zero-order valence-electron chi connectivity index (χ0n) is 14.6. The van der Waals surface area contributed by atoms with E-state index in [0.29, 0.717) is 24.8 Å². The van der Waals surface area contributed by atoms with Gasteiger partial charge in [0, 0.05) is 6.54 Å². The molecule has 0 fully saturated rings. The summed E-state index contributed by atoms with van der Waals surface area (Å²) in [6.45, 7) is 3.52. The fourth-order valence-corrected chi connectivity index (χ4v) is 2.62. The number of nitrogens with one attached hydrogen (secondary N) is 1. The molecule has 1 aromatic carbocycles. The van der Waals surface area contributed by atoms with Crippen LogP contribution in [0.5, 0.6) is 0 Å². The van der Waals surface area contributed by atoms with Gasteiger partial charge in [0.1, 0.15) is 0 Å². The quantitative estimate of drug-likeness (QED) is 0.632. The average molecular weight is 361 g/mol. The molecule has 4 nitrogen and oxygen atoms in total.